The van der Waals surface area contributed by atoms with Crippen LogP contribution in [0.2, 0.25) is 0 Å². The van der Waals surface area contributed by atoms with Crippen LogP contribution in [0.4, 0.5) is 5.69 Å². The Morgan fingerprint density at radius 1 is 0.758 bits per heavy atom. The number of anilines is 1. The van der Waals surface area contributed by atoms with Crippen LogP contribution in [0, 0.1) is 0 Å². The third-order valence-corrected chi connectivity index (χ3v) is 9.58. The van der Waals surface area contributed by atoms with Crippen LogP contribution in [-0.2, 0) is 24.8 Å². The molecule has 0 atom stereocenters. The van der Waals surface area contributed by atoms with Gasteiger partial charge in [0.2, 0.25) is 20.0 Å². The number of hydrogen-bond donors (Lipinski definition) is 1. The number of ether oxygens (including phenoxy) is 1. The molecule has 9 nitrogen and oxygen atoms in total. The highest BCUT2D eigenvalue weighted by molar-refractivity contribution is 7.89. The van der Waals surface area contributed by atoms with Gasteiger partial charge in [-0.05, 0) is 55.3 Å². The number of carbonyl (C=O) groups is 1. The molecule has 2 aliphatic rings. The predicted molar refractivity (Wildman–Crippen MR) is 123 cm³/mol. The average Bonchev–Trinajstić information content (AvgIpc) is 2.85. The van der Waals surface area contributed by atoms with Crippen LogP contribution in [0.25, 0.3) is 0 Å². The predicted octanol–water partition coefficient (Wildman–Crippen LogP) is 2.13. The summed E-state index contributed by atoms with van der Waals surface area (Å²) in [7, 11) is -7.26. The molecule has 0 bridgehead atoms. The topological polar surface area (TPSA) is 113 Å². The zero-order valence-corrected chi connectivity index (χ0v) is 19.8. The normalized spacial score (nSPS) is 18.7. The minimum Gasteiger partial charge on any atom is -0.379 e. The van der Waals surface area contributed by atoms with Gasteiger partial charge < -0.3 is 10.1 Å². The van der Waals surface area contributed by atoms with Gasteiger partial charge in [0, 0.05) is 37.4 Å². The lowest BCUT2D eigenvalue weighted by Crippen LogP contribution is -2.40. The van der Waals surface area contributed by atoms with Gasteiger partial charge >= 0.3 is 0 Å². The van der Waals surface area contributed by atoms with Crippen molar-refractivity contribution in [3.05, 3.63) is 54.1 Å². The van der Waals surface area contributed by atoms with Crippen LogP contribution in [0.1, 0.15) is 29.6 Å². The van der Waals surface area contributed by atoms with Gasteiger partial charge in [0.1, 0.15) is 0 Å². The number of nitrogens with one attached hydrogen (secondary N) is 1. The molecule has 1 N–H and O–H groups in total. The molecule has 2 aliphatic heterocycles. The van der Waals surface area contributed by atoms with Crippen LogP contribution < -0.4 is 5.32 Å². The molecule has 0 aromatic heterocycles. The Kier molecular flexibility index (Phi) is 7.15. The largest absolute Gasteiger partial charge is 0.379 e. The number of hydrogen-bond acceptors (Lipinski definition) is 6. The molecule has 4 rings (SSSR count). The zero-order chi connectivity index (χ0) is 23.5. The fraction of sp³-hybridized carbons (Fsp3) is 0.409. The molecular formula is C22H27N3O6S2. The van der Waals surface area contributed by atoms with Crippen molar-refractivity contribution in [2.75, 3.05) is 44.7 Å². The second kappa shape index (κ2) is 9.90. The van der Waals surface area contributed by atoms with E-state index in [0.717, 1.165) is 19.3 Å². The highest BCUT2D eigenvalue weighted by atomic mass is 32.2. The minimum absolute atomic E-state index is 0.0881. The Bertz CT molecular complexity index is 1200. The number of morpholine rings is 1. The van der Waals surface area contributed by atoms with E-state index in [1.165, 1.54) is 45.0 Å². The number of carbonyl (C=O) groups excluding carboxylic acids is 1. The van der Waals surface area contributed by atoms with E-state index in [0.29, 0.717) is 32.0 Å². The van der Waals surface area contributed by atoms with Gasteiger partial charge in [-0.15, -0.1) is 0 Å². The second-order valence-corrected chi connectivity index (χ2v) is 11.9. The SMILES string of the molecule is O=C(Nc1cccc(S(=O)(=O)N2CCOCC2)c1)c1ccc(S(=O)(=O)N2CCCCC2)cc1. The fourth-order valence-corrected chi connectivity index (χ4v) is 6.88. The number of sulfonamides is 2. The van der Waals surface area contributed by atoms with Crippen LogP contribution in [-0.4, -0.2) is 70.7 Å². The third-order valence-electron chi connectivity index (χ3n) is 5.77. The Morgan fingerprint density at radius 3 is 2.03 bits per heavy atom. The molecule has 0 radical (unpaired) electrons. The molecule has 0 aliphatic carbocycles. The summed E-state index contributed by atoms with van der Waals surface area (Å²) in [6.45, 7) is 2.28. The summed E-state index contributed by atoms with van der Waals surface area (Å²) in [6, 6.07) is 11.8. The molecule has 2 heterocycles. The van der Waals surface area contributed by atoms with Crippen LogP contribution in [0.3, 0.4) is 0 Å². The monoisotopic (exact) mass is 493 g/mol. The highest BCUT2D eigenvalue weighted by Crippen LogP contribution is 2.23. The zero-order valence-electron chi connectivity index (χ0n) is 18.1. The molecule has 2 saturated heterocycles. The number of amides is 1. The number of rotatable bonds is 6. The second-order valence-electron chi connectivity index (χ2n) is 7.99. The first-order valence-corrected chi connectivity index (χ1v) is 13.8. The van der Waals surface area contributed by atoms with E-state index in [9.17, 15) is 21.6 Å². The lowest BCUT2D eigenvalue weighted by molar-refractivity contribution is 0.0730. The highest BCUT2D eigenvalue weighted by Gasteiger charge is 2.27. The molecule has 2 aromatic rings. The minimum atomic E-state index is -3.69. The summed E-state index contributed by atoms with van der Waals surface area (Å²) in [5, 5.41) is 2.69. The van der Waals surface area contributed by atoms with Crippen molar-refractivity contribution < 1.29 is 26.4 Å². The van der Waals surface area contributed by atoms with Gasteiger partial charge in [-0.1, -0.05) is 12.5 Å². The summed E-state index contributed by atoms with van der Waals surface area (Å²) in [4.78, 5) is 12.9. The van der Waals surface area contributed by atoms with E-state index in [4.69, 9.17) is 4.74 Å². The summed E-state index contributed by atoms with van der Waals surface area (Å²) in [6.07, 6.45) is 2.72. The van der Waals surface area contributed by atoms with Crippen molar-refractivity contribution >= 4 is 31.6 Å². The fourth-order valence-electron chi connectivity index (χ4n) is 3.91. The lowest BCUT2D eigenvalue weighted by Gasteiger charge is -2.26. The van der Waals surface area contributed by atoms with E-state index < -0.39 is 26.0 Å². The van der Waals surface area contributed by atoms with Crippen molar-refractivity contribution in [1.29, 1.82) is 0 Å². The summed E-state index contributed by atoms with van der Waals surface area (Å²) in [5.41, 5.74) is 0.605. The lowest BCUT2D eigenvalue weighted by atomic mass is 10.2. The first-order chi connectivity index (χ1) is 15.8. The smallest absolute Gasteiger partial charge is 0.255 e. The maximum absolute atomic E-state index is 12.9. The van der Waals surface area contributed by atoms with E-state index in [-0.39, 0.29) is 28.4 Å². The van der Waals surface area contributed by atoms with Crippen molar-refractivity contribution in [1.82, 2.24) is 8.61 Å². The van der Waals surface area contributed by atoms with Gasteiger partial charge in [-0.2, -0.15) is 8.61 Å². The van der Waals surface area contributed by atoms with Crippen molar-refractivity contribution in [2.45, 2.75) is 29.1 Å². The van der Waals surface area contributed by atoms with Gasteiger partial charge in [0.25, 0.3) is 5.91 Å². The molecule has 178 valence electrons. The quantitative estimate of drug-likeness (QED) is 0.660. The van der Waals surface area contributed by atoms with E-state index >= 15 is 0 Å². The molecule has 0 spiro atoms. The molecule has 0 saturated carbocycles. The van der Waals surface area contributed by atoms with Crippen LogP contribution in [0.5, 0.6) is 0 Å². The van der Waals surface area contributed by atoms with E-state index in [2.05, 4.69) is 5.32 Å². The maximum atomic E-state index is 12.9. The molecule has 1 amide bonds. The average molecular weight is 494 g/mol. The Labute approximate surface area is 194 Å². The first kappa shape index (κ1) is 23.8. The summed E-state index contributed by atoms with van der Waals surface area (Å²) < 4.78 is 59.3. The first-order valence-electron chi connectivity index (χ1n) is 10.9. The standard InChI is InChI=1S/C22H27N3O6S2/c26-22(18-7-9-20(10-8-18)32(27,28)24-11-2-1-3-12-24)23-19-5-4-6-21(17-19)33(29,30)25-13-15-31-16-14-25/h4-10,17H,1-3,11-16H2,(H,23,26). The summed E-state index contributed by atoms with van der Waals surface area (Å²) >= 11 is 0. The molecule has 11 heteroatoms. The number of nitrogens with zero attached hydrogens (tertiary/aromatic N) is 2. The van der Waals surface area contributed by atoms with Gasteiger partial charge in [-0.3, -0.25) is 4.79 Å². The summed E-state index contributed by atoms with van der Waals surface area (Å²) in [5.74, 6) is -0.460. The Morgan fingerprint density at radius 2 is 1.36 bits per heavy atom. The molecule has 2 aromatic carbocycles. The van der Waals surface area contributed by atoms with Crippen LogP contribution in [0.15, 0.2) is 58.3 Å². The van der Waals surface area contributed by atoms with Gasteiger partial charge in [0.05, 0.1) is 23.0 Å². The van der Waals surface area contributed by atoms with Gasteiger partial charge in [-0.25, -0.2) is 16.8 Å². The van der Waals surface area contributed by atoms with Crippen LogP contribution >= 0.6 is 0 Å². The van der Waals surface area contributed by atoms with Crippen molar-refractivity contribution in [2.24, 2.45) is 0 Å². The Balaban J connectivity index is 1.47. The van der Waals surface area contributed by atoms with E-state index in [1.807, 2.05) is 0 Å². The molecule has 33 heavy (non-hydrogen) atoms. The molecule has 2 fully saturated rings. The molecule has 0 unspecified atom stereocenters. The number of piperidine rings is 1. The number of benzene rings is 2. The molecular weight excluding hydrogens is 466 g/mol. The van der Waals surface area contributed by atoms with Gasteiger partial charge in [0.15, 0.2) is 0 Å². The Hall–Kier alpha value is -2.31. The third kappa shape index (κ3) is 5.28. The van der Waals surface area contributed by atoms with E-state index in [1.54, 1.807) is 12.1 Å². The van der Waals surface area contributed by atoms with Crippen molar-refractivity contribution in [3.63, 3.8) is 0 Å². The maximum Gasteiger partial charge on any atom is 0.255 e. The van der Waals surface area contributed by atoms with Crippen molar-refractivity contribution in [3.8, 4) is 0 Å².